The number of hydrogen-bond acceptors (Lipinski definition) is 3. The summed E-state index contributed by atoms with van der Waals surface area (Å²) in [7, 11) is -2.07. The van der Waals surface area contributed by atoms with E-state index >= 15 is 0 Å². The number of sulfonamides is 1. The molecule has 0 saturated heterocycles. The molecule has 0 bridgehead atoms. The van der Waals surface area contributed by atoms with Crippen molar-refractivity contribution >= 4 is 54.8 Å². The van der Waals surface area contributed by atoms with E-state index in [1.165, 1.54) is 23.5 Å². The van der Waals surface area contributed by atoms with Crippen LogP contribution in [-0.2, 0) is 17.1 Å². The molecule has 0 N–H and O–H groups in total. The van der Waals surface area contributed by atoms with Crippen LogP contribution in [0, 0.1) is 0 Å². The van der Waals surface area contributed by atoms with Crippen molar-refractivity contribution < 1.29 is 8.42 Å². The van der Waals surface area contributed by atoms with Crippen LogP contribution in [0.2, 0.25) is 10.0 Å². The maximum atomic E-state index is 12.4. The van der Waals surface area contributed by atoms with Crippen LogP contribution in [0.15, 0.2) is 51.8 Å². The van der Waals surface area contributed by atoms with Gasteiger partial charge in [-0.1, -0.05) is 52.7 Å². The fourth-order valence-corrected chi connectivity index (χ4v) is 4.92. The summed E-state index contributed by atoms with van der Waals surface area (Å²) < 4.78 is 31.0. The molecule has 0 saturated carbocycles. The standard InChI is InChI=1S/C14H10Cl2N2O2S2/c1-18-12-10(15)7-8-11(16)13(12)21-14(18)17-22(19,20)9-5-3-2-4-6-9/h2-8H,1H3/b17-14-. The average Bonchev–Trinajstić information content (AvgIpc) is 2.82. The first-order valence-corrected chi connectivity index (χ1v) is 9.21. The predicted molar refractivity (Wildman–Crippen MR) is 90.0 cm³/mol. The average molecular weight is 373 g/mol. The molecule has 0 fully saturated rings. The monoisotopic (exact) mass is 372 g/mol. The van der Waals surface area contributed by atoms with E-state index in [0.29, 0.717) is 25.1 Å². The number of benzene rings is 2. The molecule has 0 spiro atoms. The van der Waals surface area contributed by atoms with Gasteiger partial charge >= 0.3 is 0 Å². The summed E-state index contributed by atoms with van der Waals surface area (Å²) in [5, 5.41) is 1.01. The number of aryl methyl sites for hydroxylation is 1. The van der Waals surface area contributed by atoms with Crippen molar-refractivity contribution in [3.05, 3.63) is 57.3 Å². The first-order valence-electron chi connectivity index (χ1n) is 6.20. The Bertz CT molecular complexity index is 1020. The number of hydrogen-bond donors (Lipinski definition) is 0. The quantitative estimate of drug-likeness (QED) is 0.686. The highest BCUT2D eigenvalue weighted by atomic mass is 35.5. The van der Waals surface area contributed by atoms with Crippen molar-refractivity contribution in [2.45, 2.75) is 4.90 Å². The van der Waals surface area contributed by atoms with Gasteiger partial charge in [0.2, 0.25) is 4.80 Å². The molecule has 0 aliphatic rings. The van der Waals surface area contributed by atoms with Crippen molar-refractivity contribution in [2.75, 3.05) is 0 Å². The lowest BCUT2D eigenvalue weighted by Gasteiger charge is -2.00. The summed E-state index contributed by atoms with van der Waals surface area (Å²) in [5.74, 6) is 0. The highest BCUT2D eigenvalue weighted by molar-refractivity contribution is 7.90. The Labute approximate surface area is 141 Å². The maximum absolute atomic E-state index is 12.4. The van der Waals surface area contributed by atoms with Gasteiger partial charge in [0.1, 0.15) is 0 Å². The van der Waals surface area contributed by atoms with Gasteiger partial charge in [-0.05, 0) is 24.3 Å². The molecular weight excluding hydrogens is 363 g/mol. The van der Waals surface area contributed by atoms with Crippen LogP contribution in [0.4, 0.5) is 0 Å². The Balaban J connectivity index is 2.30. The van der Waals surface area contributed by atoms with Crippen LogP contribution in [0.1, 0.15) is 0 Å². The smallest absolute Gasteiger partial charge is 0.285 e. The van der Waals surface area contributed by atoms with Crippen molar-refractivity contribution in [3.63, 3.8) is 0 Å². The van der Waals surface area contributed by atoms with E-state index in [-0.39, 0.29) is 4.90 Å². The van der Waals surface area contributed by atoms with E-state index < -0.39 is 10.0 Å². The second-order valence-corrected chi connectivity index (χ2v) is 7.93. The summed E-state index contributed by atoms with van der Waals surface area (Å²) in [6.07, 6.45) is 0. The van der Waals surface area contributed by atoms with Crippen LogP contribution in [0.3, 0.4) is 0 Å². The molecule has 1 aromatic heterocycles. The summed E-state index contributed by atoms with van der Waals surface area (Å²) in [5.41, 5.74) is 0.668. The van der Waals surface area contributed by atoms with Crippen molar-refractivity contribution in [1.82, 2.24) is 4.57 Å². The van der Waals surface area contributed by atoms with Crippen molar-refractivity contribution in [1.29, 1.82) is 0 Å². The second-order valence-electron chi connectivity index (χ2n) is 4.53. The van der Waals surface area contributed by atoms with Gasteiger partial charge in [-0.2, -0.15) is 8.42 Å². The van der Waals surface area contributed by atoms with Gasteiger partial charge in [0.05, 0.1) is 25.2 Å². The maximum Gasteiger partial charge on any atom is 0.285 e. The number of halogens is 2. The summed E-state index contributed by atoms with van der Waals surface area (Å²) in [4.78, 5) is 0.457. The number of aromatic nitrogens is 1. The molecule has 2 aromatic carbocycles. The van der Waals surface area contributed by atoms with Crippen LogP contribution in [-0.4, -0.2) is 13.0 Å². The summed E-state index contributed by atoms with van der Waals surface area (Å²) in [6.45, 7) is 0. The first-order chi connectivity index (χ1) is 10.4. The molecule has 0 radical (unpaired) electrons. The molecule has 1 heterocycles. The minimum atomic E-state index is -3.78. The van der Waals surface area contributed by atoms with E-state index in [2.05, 4.69) is 4.40 Å². The zero-order chi connectivity index (χ0) is 15.9. The van der Waals surface area contributed by atoms with Crippen LogP contribution in [0.5, 0.6) is 0 Å². The largest absolute Gasteiger partial charge is 0.318 e. The lowest BCUT2D eigenvalue weighted by Crippen LogP contribution is -2.13. The van der Waals surface area contributed by atoms with E-state index in [1.807, 2.05) is 0 Å². The molecule has 8 heteroatoms. The zero-order valence-corrected chi connectivity index (χ0v) is 14.5. The fraction of sp³-hybridized carbons (Fsp3) is 0.0714. The second kappa shape index (κ2) is 5.70. The molecule has 0 aliphatic heterocycles. The van der Waals surface area contributed by atoms with E-state index in [0.717, 1.165) is 0 Å². The summed E-state index contributed by atoms with van der Waals surface area (Å²) in [6, 6.07) is 11.4. The van der Waals surface area contributed by atoms with Crippen molar-refractivity contribution in [2.24, 2.45) is 11.4 Å². The topological polar surface area (TPSA) is 51.4 Å². The minimum absolute atomic E-state index is 0.143. The molecule has 0 atom stereocenters. The van der Waals surface area contributed by atoms with E-state index in [1.54, 1.807) is 41.9 Å². The molecule has 3 aromatic rings. The number of nitrogens with zero attached hydrogens (tertiary/aromatic N) is 2. The predicted octanol–water partition coefficient (Wildman–Crippen LogP) is 3.84. The Morgan fingerprint density at radius 1 is 1.05 bits per heavy atom. The highest BCUT2D eigenvalue weighted by Crippen LogP contribution is 2.31. The van der Waals surface area contributed by atoms with Gasteiger partial charge in [-0.25, -0.2) is 0 Å². The Kier molecular flexibility index (Phi) is 4.03. The first kappa shape index (κ1) is 15.6. The SMILES string of the molecule is Cn1/c(=N/S(=O)(=O)c2ccccc2)sc2c(Cl)ccc(Cl)c21. The van der Waals surface area contributed by atoms with Gasteiger partial charge in [0.25, 0.3) is 10.0 Å². The molecular formula is C14H10Cl2N2O2S2. The third-order valence-corrected chi connectivity index (χ3v) is 6.38. The lowest BCUT2D eigenvalue weighted by atomic mass is 10.3. The third kappa shape index (κ3) is 2.67. The highest BCUT2D eigenvalue weighted by Gasteiger charge is 2.15. The van der Waals surface area contributed by atoms with Crippen LogP contribution >= 0.6 is 34.5 Å². The van der Waals surface area contributed by atoms with E-state index in [4.69, 9.17) is 23.2 Å². The van der Waals surface area contributed by atoms with Crippen LogP contribution in [0.25, 0.3) is 10.2 Å². The summed E-state index contributed by atoms with van der Waals surface area (Å²) >= 11 is 13.5. The van der Waals surface area contributed by atoms with Gasteiger partial charge < -0.3 is 4.57 Å². The fourth-order valence-electron chi connectivity index (χ4n) is 2.02. The number of fused-ring (bicyclic) bond motifs is 1. The zero-order valence-electron chi connectivity index (χ0n) is 11.3. The molecule has 0 amide bonds. The van der Waals surface area contributed by atoms with Gasteiger partial charge in [-0.3, -0.25) is 0 Å². The normalized spacial score (nSPS) is 13.0. The third-order valence-electron chi connectivity index (χ3n) is 3.09. The Morgan fingerprint density at radius 2 is 1.68 bits per heavy atom. The molecule has 3 rings (SSSR count). The number of thiazole rings is 1. The number of rotatable bonds is 2. The molecule has 22 heavy (non-hydrogen) atoms. The Morgan fingerprint density at radius 3 is 2.32 bits per heavy atom. The molecule has 114 valence electrons. The van der Waals surface area contributed by atoms with Crippen LogP contribution < -0.4 is 4.80 Å². The molecule has 0 aliphatic carbocycles. The molecule has 0 unspecified atom stereocenters. The molecule has 4 nitrogen and oxygen atoms in total. The van der Waals surface area contributed by atoms with E-state index in [9.17, 15) is 8.42 Å². The van der Waals surface area contributed by atoms with Crippen molar-refractivity contribution in [3.8, 4) is 0 Å². The van der Waals surface area contributed by atoms with Gasteiger partial charge in [-0.15, -0.1) is 4.40 Å². The van der Waals surface area contributed by atoms with Gasteiger partial charge in [0, 0.05) is 7.05 Å². The Hall–Kier alpha value is -1.34. The van der Waals surface area contributed by atoms with Gasteiger partial charge in [0.15, 0.2) is 0 Å². The lowest BCUT2D eigenvalue weighted by molar-refractivity contribution is 0.596. The minimum Gasteiger partial charge on any atom is -0.318 e.